The third-order valence-electron chi connectivity index (χ3n) is 2.58. The van der Waals surface area contributed by atoms with E-state index >= 15 is 0 Å². The molecule has 0 bridgehead atoms. The molecule has 13 heavy (non-hydrogen) atoms. The molecule has 3 heteroatoms. The average molecular weight is 185 g/mol. The van der Waals surface area contributed by atoms with Crippen molar-refractivity contribution < 1.29 is 0 Å². The Labute approximate surface area is 82.1 Å². The summed E-state index contributed by atoms with van der Waals surface area (Å²) >= 11 is 0. The van der Waals surface area contributed by atoms with Crippen LogP contribution in [0.2, 0.25) is 0 Å². The second-order valence-corrected chi connectivity index (χ2v) is 3.36. The van der Waals surface area contributed by atoms with Gasteiger partial charge in [-0.3, -0.25) is 0 Å². The van der Waals surface area contributed by atoms with E-state index in [9.17, 15) is 0 Å². The highest BCUT2D eigenvalue weighted by Crippen LogP contribution is 2.10. The molecule has 2 aliphatic heterocycles. The Kier molecular flexibility index (Phi) is 5.35. The lowest BCUT2D eigenvalue weighted by Crippen LogP contribution is -2.51. The summed E-state index contributed by atoms with van der Waals surface area (Å²) in [6, 6.07) is 0. The van der Waals surface area contributed by atoms with Gasteiger partial charge >= 0.3 is 0 Å². The van der Waals surface area contributed by atoms with Crippen LogP contribution >= 0.6 is 0 Å². The second kappa shape index (κ2) is 6.35. The third-order valence-corrected chi connectivity index (χ3v) is 2.58. The molecule has 78 valence electrons. The van der Waals surface area contributed by atoms with Crippen molar-refractivity contribution in [3.8, 4) is 0 Å². The normalized spacial score (nSPS) is 25.4. The van der Waals surface area contributed by atoms with E-state index in [1.54, 1.807) is 0 Å². The topological polar surface area (TPSA) is 18.5 Å². The minimum atomic E-state index is 1.16. The molecule has 2 heterocycles. The van der Waals surface area contributed by atoms with Crippen LogP contribution in [0.4, 0.5) is 0 Å². The first-order valence-electron chi connectivity index (χ1n) is 5.67. The summed E-state index contributed by atoms with van der Waals surface area (Å²) in [4.78, 5) is 0. The monoisotopic (exact) mass is 185 g/mol. The zero-order valence-corrected chi connectivity index (χ0v) is 9.05. The van der Waals surface area contributed by atoms with Crippen LogP contribution in [0.5, 0.6) is 0 Å². The fraction of sp³-hybridized carbons (Fsp3) is 1.00. The highest BCUT2D eigenvalue weighted by atomic mass is 15.6. The van der Waals surface area contributed by atoms with E-state index in [4.69, 9.17) is 0 Å². The Morgan fingerprint density at radius 3 is 1.77 bits per heavy atom. The number of nitrogens with zero attached hydrogens (tertiary/aromatic N) is 2. The Hall–Kier alpha value is -0.120. The smallest absolute Gasteiger partial charge is 0.0259 e. The molecular formula is C10H23N3. The van der Waals surface area contributed by atoms with E-state index in [2.05, 4.69) is 15.3 Å². The summed E-state index contributed by atoms with van der Waals surface area (Å²) in [7, 11) is 0. The van der Waals surface area contributed by atoms with E-state index < -0.39 is 0 Å². The highest BCUT2D eigenvalue weighted by Gasteiger charge is 2.20. The number of piperazine rings is 1. The number of hydrogen-bond acceptors (Lipinski definition) is 3. The van der Waals surface area contributed by atoms with Crippen molar-refractivity contribution in [3.05, 3.63) is 0 Å². The second-order valence-electron chi connectivity index (χ2n) is 3.36. The maximum absolute atomic E-state index is 3.37. The molecule has 0 aliphatic carbocycles. The van der Waals surface area contributed by atoms with E-state index in [1.807, 2.05) is 13.8 Å². The lowest BCUT2D eigenvalue weighted by Gasteiger charge is -2.34. The molecule has 0 aromatic carbocycles. The molecule has 0 radical (unpaired) electrons. The fourth-order valence-corrected chi connectivity index (χ4v) is 1.92. The molecule has 0 spiro atoms. The summed E-state index contributed by atoms with van der Waals surface area (Å²) in [6.07, 6.45) is 2.79. The van der Waals surface area contributed by atoms with Gasteiger partial charge in [0.25, 0.3) is 0 Å². The van der Waals surface area contributed by atoms with Crippen molar-refractivity contribution in [2.24, 2.45) is 0 Å². The molecule has 0 aromatic rings. The van der Waals surface area contributed by atoms with E-state index in [-0.39, 0.29) is 0 Å². The summed E-state index contributed by atoms with van der Waals surface area (Å²) in [6.45, 7) is 11.3. The average Bonchev–Trinajstić information content (AvgIpc) is 2.75. The first kappa shape index (κ1) is 11.0. The zero-order chi connectivity index (χ0) is 9.52. The van der Waals surface area contributed by atoms with Crippen LogP contribution in [0.1, 0.15) is 26.7 Å². The fourth-order valence-electron chi connectivity index (χ4n) is 1.92. The van der Waals surface area contributed by atoms with Crippen LogP contribution in [0.15, 0.2) is 0 Å². The van der Waals surface area contributed by atoms with Crippen molar-refractivity contribution >= 4 is 0 Å². The number of hydrazine groups is 1. The Bertz CT molecular complexity index is 115. The Morgan fingerprint density at radius 1 is 0.769 bits per heavy atom. The van der Waals surface area contributed by atoms with Gasteiger partial charge in [0.2, 0.25) is 0 Å². The van der Waals surface area contributed by atoms with Gasteiger partial charge in [-0.1, -0.05) is 13.8 Å². The van der Waals surface area contributed by atoms with Crippen molar-refractivity contribution in [1.82, 2.24) is 15.3 Å². The maximum atomic E-state index is 3.37. The Morgan fingerprint density at radius 2 is 1.23 bits per heavy atom. The third kappa shape index (κ3) is 3.25. The van der Waals surface area contributed by atoms with Crippen LogP contribution in [0.3, 0.4) is 0 Å². The van der Waals surface area contributed by atoms with Gasteiger partial charge in [0, 0.05) is 39.3 Å². The van der Waals surface area contributed by atoms with Gasteiger partial charge in [0.05, 0.1) is 0 Å². The molecule has 0 unspecified atom stereocenters. The molecular weight excluding hydrogens is 162 g/mol. The maximum Gasteiger partial charge on any atom is 0.0259 e. The Balaban J connectivity index is 0.000000396. The predicted octanol–water partition coefficient (Wildman–Crippen LogP) is 0.929. The van der Waals surface area contributed by atoms with Crippen LogP contribution in [-0.4, -0.2) is 49.3 Å². The minimum Gasteiger partial charge on any atom is -0.314 e. The molecule has 0 atom stereocenters. The van der Waals surface area contributed by atoms with Crippen molar-refractivity contribution in [1.29, 1.82) is 0 Å². The summed E-state index contributed by atoms with van der Waals surface area (Å²) < 4.78 is 0. The van der Waals surface area contributed by atoms with Gasteiger partial charge in [-0.2, -0.15) is 0 Å². The largest absolute Gasteiger partial charge is 0.314 e. The van der Waals surface area contributed by atoms with Gasteiger partial charge < -0.3 is 5.32 Å². The lowest BCUT2D eigenvalue weighted by atomic mass is 10.4. The first-order chi connectivity index (χ1) is 6.47. The SMILES string of the molecule is C1CCN(N2CCNCC2)C1.CC. The van der Waals surface area contributed by atoms with E-state index in [0.29, 0.717) is 0 Å². The van der Waals surface area contributed by atoms with Crippen molar-refractivity contribution in [3.63, 3.8) is 0 Å². The number of rotatable bonds is 1. The molecule has 0 saturated carbocycles. The standard InChI is InChI=1S/C8H17N3.C2H6/c1-2-6-10(5-1)11-7-3-9-4-8-11;1-2/h9H,1-8H2;1-2H3. The summed E-state index contributed by atoms with van der Waals surface area (Å²) in [5.74, 6) is 0. The first-order valence-corrected chi connectivity index (χ1v) is 5.67. The van der Waals surface area contributed by atoms with Crippen molar-refractivity contribution in [2.45, 2.75) is 26.7 Å². The number of hydrogen-bond donors (Lipinski definition) is 1. The molecule has 0 aromatic heterocycles. The molecule has 2 rings (SSSR count). The predicted molar refractivity (Wildman–Crippen MR) is 56.6 cm³/mol. The van der Waals surface area contributed by atoms with Gasteiger partial charge in [0.15, 0.2) is 0 Å². The summed E-state index contributed by atoms with van der Waals surface area (Å²) in [5.41, 5.74) is 0. The zero-order valence-electron chi connectivity index (χ0n) is 9.05. The molecule has 2 saturated heterocycles. The molecule has 1 N–H and O–H groups in total. The highest BCUT2D eigenvalue weighted by molar-refractivity contribution is 4.70. The molecule has 0 amide bonds. The summed E-state index contributed by atoms with van der Waals surface area (Å²) in [5, 5.41) is 8.39. The molecule has 2 fully saturated rings. The lowest BCUT2D eigenvalue weighted by molar-refractivity contribution is -0.0128. The van der Waals surface area contributed by atoms with Gasteiger partial charge in [-0.25, -0.2) is 10.0 Å². The van der Waals surface area contributed by atoms with Gasteiger partial charge in [-0.15, -0.1) is 0 Å². The van der Waals surface area contributed by atoms with E-state index in [0.717, 1.165) is 13.1 Å². The quantitative estimate of drug-likeness (QED) is 0.655. The van der Waals surface area contributed by atoms with Gasteiger partial charge in [-0.05, 0) is 12.8 Å². The molecule has 3 nitrogen and oxygen atoms in total. The number of nitrogens with one attached hydrogen (secondary N) is 1. The van der Waals surface area contributed by atoms with Gasteiger partial charge in [0.1, 0.15) is 0 Å². The van der Waals surface area contributed by atoms with Crippen LogP contribution in [0.25, 0.3) is 0 Å². The molecule has 2 aliphatic rings. The van der Waals surface area contributed by atoms with E-state index in [1.165, 1.54) is 39.0 Å². The minimum absolute atomic E-state index is 1.16. The van der Waals surface area contributed by atoms with Crippen LogP contribution in [-0.2, 0) is 0 Å². The van der Waals surface area contributed by atoms with Crippen LogP contribution in [0, 0.1) is 0 Å². The van der Waals surface area contributed by atoms with Crippen LogP contribution < -0.4 is 5.32 Å². The van der Waals surface area contributed by atoms with Crippen molar-refractivity contribution in [2.75, 3.05) is 39.3 Å².